The topological polar surface area (TPSA) is 84.6 Å². The van der Waals surface area contributed by atoms with Crippen molar-refractivity contribution in [3.63, 3.8) is 0 Å². The highest BCUT2D eigenvalue weighted by Crippen LogP contribution is 2.23. The molecule has 2 atom stereocenters. The first-order valence-corrected chi connectivity index (χ1v) is 6.05. The highest BCUT2D eigenvalue weighted by molar-refractivity contribution is 5.94. The van der Waals surface area contributed by atoms with Gasteiger partial charge in [-0.1, -0.05) is 0 Å². The molecule has 18 heavy (non-hydrogen) atoms. The van der Waals surface area contributed by atoms with Crippen molar-refractivity contribution in [3.8, 4) is 0 Å². The Labute approximate surface area is 106 Å². The SMILES string of the molecule is CC(Nc1ccc(N)c(C(=O)O)c1)C1CCOC1. The number of benzene rings is 1. The molecule has 1 saturated heterocycles. The maximum Gasteiger partial charge on any atom is 0.337 e. The standard InChI is InChI=1S/C13H18N2O3/c1-8(9-4-5-18-7-9)15-10-2-3-12(14)11(6-10)13(16)17/h2-3,6,8-9,15H,4-5,7,14H2,1H3,(H,16,17). The predicted octanol–water partition coefficient (Wildman–Crippen LogP) is 1.80. The molecule has 0 bridgehead atoms. The fraction of sp³-hybridized carbons (Fsp3) is 0.462. The van der Waals surface area contributed by atoms with Gasteiger partial charge in [0.25, 0.3) is 0 Å². The molecule has 1 aromatic rings. The molecule has 98 valence electrons. The minimum absolute atomic E-state index is 0.134. The Morgan fingerprint density at radius 2 is 2.39 bits per heavy atom. The van der Waals surface area contributed by atoms with E-state index in [2.05, 4.69) is 12.2 Å². The second-order valence-corrected chi connectivity index (χ2v) is 4.66. The summed E-state index contributed by atoms with van der Waals surface area (Å²) < 4.78 is 5.34. The second kappa shape index (κ2) is 5.27. The van der Waals surface area contributed by atoms with E-state index in [1.54, 1.807) is 18.2 Å². The Balaban J connectivity index is 2.09. The first-order valence-electron chi connectivity index (χ1n) is 6.05. The molecule has 0 aromatic heterocycles. The minimum Gasteiger partial charge on any atom is -0.478 e. The molecule has 1 aromatic carbocycles. The van der Waals surface area contributed by atoms with Crippen molar-refractivity contribution in [2.24, 2.45) is 5.92 Å². The highest BCUT2D eigenvalue weighted by Gasteiger charge is 2.22. The number of rotatable bonds is 4. The largest absolute Gasteiger partial charge is 0.478 e. The van der Waals surface area contributed by atoms with Gasteiger partial charge in [-0.25, -0.2) is 4.79 Å². The molecular formula is C13H18N2O3. The lowest BCUT2D eigenvalue weighted by atomic mass is 10.0. The third-order valence-corrected chi connectivity index (χ3v) is 3.35. The quantitative estimate of drug-likeness (QED) is 0.710. The summed E-state index contributed by atoms with van der Waals surface area (Å²) in [6.45, 7) is 3.64. The average molecular weight is 250 g/mol. The number of carboxylic acid groups (broad SMARTS) is 1. The smallest absolute Gasteiger partial charge is 0.337 e. The Morgan fingerprint density at radius 3 is 3.00 bits per heavy atom. The lowest BCUT2D eigenvalue weighted by Gasteiger charge is -2.20. The zero-order valence-corrected chi connectivity index (χ0v) is 10.3. The Kier molecular flexibility index (Phi) is 3.72. The van der Waals surface area contributed by atoms with Crippen molar-refractivity contribution in [1.82, 2.24) is 0 Å². The number of hydrogen-bond acceptors (Lipinski definition) is 4. The van der Waals surface area contributed by atoms with Crippen LogP contribution >= 0.6 is 0 Å². The second-order valence-electron chi connectivity index (χ2n) is 4.66. The summed E-state index contributed by atoms with van der Waals surface area (Å²) in [6.07, 6.45) is 1.04. The molecule has 1 aliphatic rings. The Hall–Kier alpha value is -1.75. The van der Waals surface area contributed by atoms with Gasteiger partial charge in [-0.05, 0) is 31.5 Å². The number of nitrogens with two attached hydrogens (primary N) is 1. The molecule has 1 aliphatic heterocycles. The van der Waals surface area contributed by atoms with Crippen LogP contribution in [0, 0.1) is 5.92 Å². The van der Waals surface area contributed by atoms with Crippen LogP contribution in [0.3, 0.4) is 0 Å². The van der Waals surface area contributed by atoms with Crippen LogP contribution in [0.4, 0.5) is 11.4 Å². The molecule has 0 radical (unpaired) electrons. The van der Waals surface area contributed by atoms with E-state index < -0.39 is 5.97 Å². The summed E-state index contributed by atoms with van der Waals surface area (Å²) in [5.74, 6) is -0.538. The molecule has 0 amide bonds. The number of nitrogens with one attached hydrogen (secondary N) is 1. The normalized spacial score (nSPS) is 20.6. The summed E-state index contributed by atoms with van der Waals surface area (Å²) in [6, 6.07) is 5.24. The number of ether oxygens (including phenoxy) is 1. The van der Waals surface area contributed by atoms with Gasteiger partial charge >= 0.3 is 5.97 Å². The van der Waals surface area contributed by atoms with E-state index in [9.17, 15) is 4.79 Å². The van der Waals surface area contributed by atoms with Crippen molar-refractivity contribution < 1.29 is 14.6 Å². The summed E-state index contributed by atoms with van der Waals surface area (Å²) in [5.41, 5.74) is 6.81. The zero-order valence-electron chi connectivity index (χ0n) is 10.3. The minimum atomic E-state index is -1.01. The Bertz CT molecular complexity index is 442. The number of nitrogen functional groups attached to an aromatic ring is 1. The summed E-state index contributed by atoms with van der Waals surface area (Å²) in [7, 11) is 0. The lowest BCUT2D eigenvalue weighted by molar-refractivity contribution is 0.0698. The van der Waals surface area contributed by atoms with Gasteiger partial charge in [0.15, 0.2) is 0 Å². The van der Waals surface area contributed by atoms with Crippen LogP contribution in [0.15, 0.2) is 18.2 Å². The molecule has 2 rings (SSSR count). The number of carboxylic acids is 1. The predicted molar refractivity (Wildman–Crippen MR) is 69.8 cm³/mol. The van der Waals surface area contributed by atoms with E-state index in [-0.39, 0.29) is 17.3 Å². The molecule has 0 aliphatic carbocycles. The molecule has 4 N–H and O–H groups in total. The molecule has 5 heteroatoms. The molecule has 2 unspecified atom stereocenters. The highest BCUT2D eigenvalue weighted by atomic mass is 16.5. The number of aromatic carboxylic acids is 1. The van der Waals surface area contributed by atoms with Crippen LogP contribution in [0.1, 0.15) is 23.7 Å². The molecule has 1 fully saturated rings. The third kappa shape index (κ3) is 2.73. The van der Waals surface area contributed by atoms with Gasteiger partial charge in [0.05, 0.1) is 12.2 Å². The van der Waals surface area contributed by atoms with Crippen molar-refractivity contribution in [2.75, 3.05) is 24.3 Å². The van der Waals surface area contributed by atoms with Crippen LogP contribution in [-0.4, -0.2) is 30.3 Å². The van der Waals surface area contributed by atoms with Gasteiger partial charge in [-0.3, -0.25) is 0 Å². The first-order chi connectivity index (χ1) is 8.58. The van der Waals surface area contributed by atoms with E-state index in [0.29, 0.717) is 5.92 Å². The molecule has 5 nitrogen and oxygen atoms in total. The zero-order chi connectivity index (χ0) is 13.1. The fourth-order valence-electron chi connectivity index (χ4n) is 2.16. The van der Waals surface area contributed by atoms with E-state index in [1.165, 1.54) is 0 Å². The first kappa shape index (κ1) is 12.7. The molecule has 1 heterocycles. The van der Waals surface area contributed by atoms with Crippen molar-refractivity contribution in [2.45, 2.75) is 19.4 Å². The molecule has 0 spiro atoms. The van der Waals surface area contributed by atoms with E-state index >= 15 is 0 Å². The van der Waals surface area contributed by atoms with Gasteiger partial charge in [0, 0.05) is 29.9 Å². The maximum atomic E-state index is 11.0. The van der Waals surface area contributed by atoms with E-state index in [0.717, 1.165) is 25.3 Å². The van der Waals surface area contributed by atoms with Crippen LogP contribution in [0.5, 0.6) is 0 Å². The number of anilines is 2. The van der Waals surface area contributed by atoms with Gasteiger partial charge in [0.2, 0.25) is 0 Å². The number of hydrogen-bond donors (Lipinski definition) is 3. The maximum absolute atomic E-state index is 11.0. The summed E-state index contributed by atoms with van der Waals surface area (Å²) >= 11 is 0. The lowest BCUT2D eigenvalue weighted by Crippen LogP contribution is -2.26. The summed E-state index contributed by atoms with van der Waals surface area (Å²) in [4.78, 5) is 11.0. The van der Waals surface area contributed by atoms with Crippen molar-refractivity contribution in [3.05, 3.63) is 23.8 Å². The van der Waals surface area contributed by atoms with Crippen LogP contribution in [-0.2, 0) is 4.74 Å². The summed E-state index contributed by atoms with van der Waals surface area (Å²) in [5, 5.41) is 12.3. The third-order valence-electron chi connectivity index (χ3n) is 3.35. The number of carbonyl (C=O) groups is 1. The van der Waals surface area contributed by atoms with Gasteiger partial charge in [-0.15, -0.1) is 0 Å². The van der Waals surface area contributed by atoms with E-state index in [4.69, 9.17) is 15.6 Å². The monoisotopic (exact) mass is 250 g/mol. The molecular weight excluding hydrogens is 232 g/mol. The van der Waals surface area contributed by atoms with Gasteiger partial charge in [-0.2, -0.15) is 0 Å². The van der Waals surface area contributed by atoms with Crippen LogP contribution in [0.2, 0.25) is 0 Å². The van der Waals surface area contributed by atoms with Crippen LogP contribution in [0.25, 0.3) is 0 Å². The average Bonchev–Trinajstić information content (AvgIpc) is 2.85. The van der Waals surface area contributed by atoms with Crippen molar-refractivity contribution >= 4 is 17.3 Å². The molecule has 0 saturated carbocycles. The van der Waals surface area contributed by atoms with Crippen LogP contribution < -0.4 is 11.1 Å². The van der Waals surface area contributed by atoms with Crippen molar-refractivity contribution in [1.29, 1.82) is 0 Å². The Morgan fingerprint density at radius 1 is 1.61 bits per heavy atom. The van der Waals surface area contributed by atoms with Gasteiger partial charge < -0.3 is 20.9 Å². The van der Waals surface area contributed by atoms with Gasteiger partial charge in [0.1, 0.15) is 0 Å². The fourth-order valence-corrected chi connectivity index (χ4v) is 2.16. The van der Waals surface area contributed by atoms with E-state index in [1.807, 2.05) is 0 Å².